The van der Waals surface area contributed by atoms with Crippen molar-refractivity contribution in [3.8, 4) is 11.5 Å². The van der Waals surface area contributed by atoms with Crippen LogP contribution in [0, 0.1) is 0 Å². The van der Waals surface area contributed by atoms with E-state index in [1.165, 1.54) is 24.3 Å². The van der Waals surface area contributed by atoms with Gasteiger partial charge in [-0.15, -0.1) is 13.2 Å². The van der Waals surface area contributed by atoms with Crippen molar-refractivity contribution in [2.24, 2.45) is 0 Å². The van der Waals surface area contributed by atoms with E-state index in [-0.39, 0.29) is 16.7 Å². The summed E-state index contributed by atoms with van der Waals surface area (Å²) >= 11 is 0. The van der Waals surface area contributed by atoms with Crippen LogP contribution in [0.5, 0.6) is 11.5 Å². The highest BCUT2D eigenvalue weighted by atomic mass is 32.2. The molecule has 27 heavy (non-hydrogen) atoms. The van der Waals surface area contributed by atoms with E-state index >= 15 is 0 Å². The highest BCUT2D eigenvalue weighted by Gasteiger charge is 2.31. The first-order chi connectivity index (χ1) is 12.6. The van der Waals surface area contributed by atoms with Crippen molar-refractivity contribution in [2.45, 2.75) is 23.9 Å². The summed E-state index contributed by atoms with van der Waals surface area (Å²) in [5.74, 6) is 0.248. The molecule has 1 saturated heterocycles. The van der Waals surface area contributed by atoms with Crippen LogP contribution in [0.2, 0.25) is 0 Å². The van der Waals surface area contributed by atoms with Gasteiger partial charge in [0.15, 0.2) is 9.84 Å². The molecule has 0 spiro atoms. The Morgan fingerprint density at radius 3 is 2.33 bits per heavy atom. The average molecular weight is 401 g/mol. The Kier molecular flexibility index (Phi) is 5.34. The SMILES string of the molecule is CS(=O)(=O)c1cccc(OC2CN(Cc3ccc(OC(F)(F)F)cc3)C2)c1. The molecule has 0 saturated carbocycles. The largest absolute Gasteiger partial charge is 0.573 e. The van der Waals surface area contributed by atoms with Crippen molar-refractivity contribution in [3.63, 3.8) is 0 Å². The number of halogens is 3. The van der Waals surface area contributed by atoms with Gasteiger partial charge in [0.2, 0.25) is 0 Å². The van der Waals surface area contributed by atoms with Crippen molar-refractivity contribution < 1.29 is 31.1 Å². The Morgan fingerprint density at radius 2 is 1.74 bits per heavy atom. The minimum absolute atomic E-state index is 0.0624. The molecule has 5 nitrogen and oxygen atoms in total. The first-order valence-electron chi connectivity index (χ1n) is 8.12. The summed E-state index contributed by atoms with van der Waals surface area (Å²) in [6, 6.07) is 12.1. The van der Waals surface area contributed by atoms with Gasteiger partial charge < -0.3 is 9.47 Å². The molecule has 2 aromatic carbocycles. The molecule has 9 heteroatoms. The van der Waals surface area contributed by atoms with E-state index in [0.29, 0.717) is 25.4 Å². The second kappa shape index (κ2) is 7.40. The molecule has 0 radical (unpaired) electrons. The van der Waals surface area contributed by atoms with Gasteiger partial charge in [-0.1, -0.05) is 18.2 Å². The van der Waals surface area contributed by atoms with Gasteiger partial charge in [-0.3, -0.25) is 4.90 Å². The monoisotopic (exact) mass is 401 g/mol. The minimum Gasteiger partial charge on any atom is -0.488 e. The summed E-state index contributed by atoms with van der Waals surface area (Å²) in [5, 5.41) is 0. The van der Waals surface area contributed by atoms with Crippen molar-refractivity contribution >= 4 is 9.84 Å². The number of rotatable bonds is 6. The highest BCUT2D eigenvalue weighted by molar-refractivity contribution is 7.90. The summed E-state index contributed by atoms with van der Waals surface area (Å²) in [6.07, 6.45) is -3.62. The Bertz CT molecular complexity index is 892. The zero-order chi connectivity index (χ0) is 19.7. The van der Waals surface area contributed by atoms with Crippen molar-refractivity contribution in [3.05, 3.63) is 54.1 Å². The van der Waals surface area contributed by atoms with E-state index in [0.717, 1.165) is 11.8 Å². The number of alkyl halides is 3. The Hall–Kier alpha value is -2.26. The van der Waals surface area contributed by atoms with E-state index in [2.05, 4.69) is 9.64 Å². The predicted octanol–water partition coefficient (Wildman–Crippen LogP) is 3.25. The van der Waals surface area contributed by atoms with Gasteiger partial charge >= 0.3 is 6.36 Å². The molecule has 0 atom stereocenters. The zero-order valence-electron chi connectivity index (χ0n) is 14.4. The van der Waals surface area contributed by atoms with Crippen LogP contribution >= 0.6 is 0 Å². The molecule has 0 N–H and O–H groups in total. The molecule has 0 amide bonds. The van der Waals surface area contributed by atoms with Crippen LogP contribution in [0.1, 0.15) is 5.56 Å². The van der Waals surface area contributed by atoms with E-state index in [9.17, 15) is 21.6 Å². The smallest absolute Gasteiger partial charge is 0.488 e. The summed E-state index contributed by atoms with van der Waals surface area (Å²) in [4.78, 5) is 2.28. The Labute approximate surface area is 155 Å². The van der Waals surface area contributed by atoms with Gasteiger partial charge in [0.05, 0.1) is 4.90 Å². The summed E-state index contributed by atoms with van der Waals surface area (Å²) in [7, 11) is -3.29. The van der Waals surface area contributed by atoms with Gasteiger partial charge in [0.1, 0.15) is 17.6 Å². The lowest BCUT2D eigenvalue weighted by Crippen LogP contribution is -2.53. The maximum absolute atomic E-state index is 12.2. The summed E-state index contributed by atoms with van der Waals surface area (Å²) in [5.41, 5.74) is 0.863. The number of ether oxygens (including phenoxy) is 2. The maximum atomic E-state index is 12.2. The van der Waals surface area contributed by atoms with Crippen molar-refractivity contribution in [2.75, 3.05) is 19.3 Å². The second-order valence-corrected chi connectivity index (χ2v) is 8.39. The first-order valence-corrected chi connectivity index (χ1v) is 10.0. The van der Waals surface area contributed by atoms with Crippen LogP contribution in [0.15, 0.2) is 53.4 Å². The van der Waals surface area contributed by atoms with E-state index in [1.807, 2.05) is 0 Å². The van der Waals surface area contributed by atoms with Crippen LogP contribution in [-0.2, 0) is 16.4 Å². The molecule has 0 aromatic heterocycles. The highest BCUT2D eigenvalue weighted by Crippen LogP contribution is 2.25. The summed E-state index contributed by atoms with van der Waals surface area (Å²) < 4.78 is 69.2. The first kappa shape index (κ1) is 19.5. The van der Waals surface area contributed by atoms with Crippen molar-refractivity contribution in [1.82, 2.24) is 4.90 Å². The number of sulfone groups is 1. The molecule has 1 aliphatic heterocycles. The van der Waals surface area contributed by atoms with Crippen LogP contribution in [0.4, 0.5) is 13.2 Å². The Morgan fingerprint density at radius 1 is 1.07 bits per heavy atom. The molecule has 2 aromatic rings. The molecule has 146 valence electrons. The van der Waals surface area contributed by atoms with Gasteiger partial charge in [-0.05, 0) is 35.9 Å². The number of hydrogen-bond acceptors (Lipinski definition) is 5. The molecular weight excluding hydrogens is 383 g/mol. The van der Waals surface area contributed by atoms with Crippen LogP contribution in [0.3, 0.4) is 0 Å². The van der Waals surface area contributed by atoms with E-state index < -0.39 is 16.2 Å². The third-order valence-corrected chi connectivity index (χ3v) is 5.13. The molecular formula is C18H18F3NO4S. The van der Waals surface area contributed by atoms with Crippen molar-refractivity contribution in [1.29, 1.82) is 0 Å². The van der Waals surface area contributed by atoms with Gasteiger partial charge in [-0.2, -0.15) is 0 Å². The summed E-state index contributed by atoms with van der Waals surface area (Å²) in [6.45, 7) is 1.86. The lowest BCUT2D eigenvalue weighted by atomic mass is 10.1. The fourth-order valence-corrected chi connectivity index (χ4v) is 3.41. The molecule has 0 aliphatic carbocycles. The predicted molar refractivity (Wildman–Crippen MR) is 92.4 cm³/mol. The lowest BCUT2D eigenvalue weighted by molar-refractivity contribution is -0.274. The van der Waals surface area contributed by atoms with E-state index in [1.54, 1.807) is 24.3 Å². The van der Waals surface area contributed by atoms with Gasteiger partial charge in [0, 0.05) is 25.9 Å². The van der Waals surface area contributed by atoms with E-state index in [4.69, 9.17) is 4.74 Å². The maximum Gasteiger partial charge on any atom is 0.573 e. The molecule has 3 rings (SSSR count). The molecule has 1 fully saturated rings. The van der Waals surface area contributed by atoms with Crippen LogP contribution in [-0.4, -0.2) is 45.1 Å². The lowest BCUT2D eigenvalue weighted by Gasteiger charge is -2.39. The third-order valence-electron chi connectivity index (χ3n) is 4.02. The number of hydrogen-bond donors (Lipinski definition) is 0. The van der Waals surface area contributed by atoms with Crippen LogP contribution in [0.25, 0.3) is 0 Å². The molecule has 0 unspecified atom stereocenters. The quantitative estimate of drug-likeness (QED) is 0.744. The normalized spacial score (nSPS) is 16.0. The molecule has 1 aliphatic rings. The average Bonchev–Trinajstić information content (AvgIpc) is 2.52. The number of nitrogens with zero attached hydrogens (tertiary/aromatic N) is 1. The van der Waals surface area contributed by atoms with Gasteiger partial charge in [0.25, 0.3) is 0 Å². The Balaban J connectivity index is 1.49. The second-order valence-electron chi connectivity index (χ2n) is 6.37. The topological polar surface area (TPSA) is 55.8 Å². The standard InChI is InChI=1S/C18H18F3NO4S/c1-27(23,24)17-4-2-3-15(9-17)25-16-11-22(12-16)10-13-5-7-14(8-6-13)26-18(19,20)21/h2-9,16H,10-12H2,1H3. The molecule has 0 bridgehead atoms. The minimum atomic E-state index is -4.70. The van der Waals surface area contributed by atoms with Gasteiger partial charge in [-0.25, -0.2) is 8.42 Å². The van der Waals surface area contributed by atoms with Crippen LogP contribution < -0.4 is 9.47 Å². The fourth-order valence-electron chi connectivity index (χ4n) is 2.75. The number of likely N-dealkylation sites (tertiary alicyclic amines) is 1. The fraction of sp³-hybridized carbons (Fsp3) is 0.333. The zero-order valence-corrected chi connectivity index (χ0v) is 15.3. The number of benzene rings is 2. The third kappa shape index (κ3) is 5.61. The molecule has 1 heterocycles.